The molecule has 1 aliphatic heterocycles. The molecule has 0 unspecified atom stereocenters. The smallest absolute Gasteiger partial charge is 0.410 e. The number of likely N-dealkylation sites (tertiary alicyclic amines) is 1. The van der Waals surface area contributed by atoms with Crippen LogP contribution >= 0.6 is 0 Å². The Morgan fingerprint density at radius 3 is 2.86 bits per heavy atom. The topological polar surface area (TPSA) is 62.6 Å². The highest BCUT2D eigenvalue weighted by Gasteiger charge is 2.51. The number of hydrogen-bond donors (Lipinski definition) is 0. The predicted octanol–water partition coefficient (Wildman–Crippen LogP) is 2.49. The molecule has 22 heavy (non-hydrogen) atoms. The number of amides is 1. The number of hydrogen-bond acceptors (Lipinski definition) is 4. The third kappa shape index (κ3) is 2.02. The van der Waals surface area contributed by atoms with E-state index in [2.05, 4.69) is 19.1 Å². The lowest BCUT2D eigenvalue weighted by molar-refractivity contribution is 0.0464. The quantitative estimate of drug-likeness (QED) is 0.799. The molecule has 2 bridgehead atoms. The molecule has 1 saturated heterocycles. The molecule has 1 fully saturated rings. The molecule has 1 aliphatic carbocycles. The lowest BCUT2D eigenvalue weighted by Crippen LogP contribution is -2.59. The monoisotopic (exact) mass is 300 g/mol. The number of nitriles is 1. The summed E-state index contributed by atoms with van der Waals surface area (Å²) in [6.45, 7) is 2.64. The van der Waals surface area contributed by atoms with E-state index in [4.69, 9.17) is 9.47 Å². The molecule has 1 aromatic rings. The van der Waals surface area contributed by atoms with E-state index in [1.54, 1.807) is 12.0 Å². The molecule has 1 heterocycles. The number of benzene rings is 1. The van der Waals surface area contributed by atoms with Gasteiger partial charge in [0.2, 0.25) is 0 Å². The Bertz CT molecular complexity index is 652. The SMILES string of the molecule is COC(=O)N1C[C@@H]2Cc3cc(OC)ccc3[C@@](C)(C2)[C@@H]1C#N. The molecule has 0 spiro atoms. The van der Waals surface area contributed by atoms with Crippen molar-refractivity contribution >= 4 is 6.09 Å². The summed E-state index contributed by atoms with van der Waals surface area (Å²) in [5.41, 5.74) is 2.00. The zero-order chi connectivity index (χ0) is 15.9. The van der Waals surface area contributed by atoms with Crippen LogP contribution in [0.5, 0.6) is 5.75 Å². The van der Waals surface area contributed by atoms with E-state index in [1.807, 2.05) is 12.1 Å². The molecule has 5 heteroatoms. The number of nitrogens with zero attached hydrogens (tertiary/aromatic N) is 2. The molecular weight excluding hydrogens is 280 g/mol. The Hall–Kier alpha value is -2.22. The number of carbonyl (C=O) groups is 1. The number of piperidine rings is 1. The molecule has 3 atom stereocenters. The van der Waals surface area contributed by atoms with Gasteiger partial charge in [-0.15, -0.1) is 0 Å². The van der Waals surface area contributed by atoms with Crippen LogP contribution in [0.1, 0.15) is 24.5 Å². The Morgan fingerprint density at radius 1 is 1.45 bits per heavy atom. The van der Waals surface area contributed by atoms with E-state index in [-0.39, 0.29) is 5.41 Å². The normalized spacial score (nSPS) is 29.3. The van der Waals surface area contributed by atoms with Crippen molar-refractivity contribution in [2.45, 2.75) is 31.2 Å². The average molecular weight is 300 g/mol. The van der Waals surface area contributed by atoms with Crippen LogP contribution in [0.3, 0.4) is 0 Å². The van der Waals surface area contributed by atoms with Crippen LogP contribution in [0.25, 0.3) is 0 Å². The van der Waals surface area contributed by atoms with Crippen molar-refractivity contribution < 1.29 is 14.3 Å². The van der Waals surface area contributed by atoms with Crippen molar-refractivity contribution in [1.82, 2.24) is 4.90 Å². The number of ether oxygens (including phenoxy) is 2. The van der Waals surface area contributed by atoms with Crippen molar-refractivity contribution in [2.75, 3.05) is 20.8 Å². The fraction of sp³-hybridized carbons (Fsp3) is 0.529. The van der Waals surface area contributed by atoms with Gasteiger partial charge in [0.15, 0.2) is 0 Å². The second-order valence-corrected chi connectivity index (χ2v) is 6.37. The number of carbonyl (C=O) groups excluding carboxylic acids is 1. The first-order valence-electron chi connectivity index (χ1n) is 7.45. The molecule has 0 N–H and O–H groups in total. The second-order valence-electron chi connectivity index (χ2n) is 6.37. The van der Waals surface area contributed by atoms with Crippen LogP contribution in [0, 0.1) is 17.2 Å². The maximum atomic E-state index is 12.1. The molecular formula is C17H20N2O3. The van der Waals surface area contributed by atoms with Gasteiger partial charge in [-0.25, -0.2) is 4.79 Å². The van der Waals surface area contributed by atoms with Crippen LogP contribution in [0.15, 0.2) is 18.2 Å². The summed E-state index contributed by atoms with van der Waals surface area (Å²) in [5.74, 6) is 1.17. The molecule has 2 aliphatic rings. The van der Waals surface area contributed by atoms with Crippen molar-refractivity contribution in [3.05, 3.63) is 29.3 Å². The van der Waals surface area contributed by atoms with Crippen LogP contribution < -0.4 is 4.74 Å². The zero-order valence-corrected chi connectivity index (χ0v) is 13.1. The largest absolute Gasteiger partial charge is 0.497 e. The van der Waals surface area contributed by atoms with Crippen molar-refractivity contribution in [2.24, 2.45) is 5.92 Å². The molecule has 0 saturated carbocycles. The standard InChI is InChI=1S/C17H20N2O3/c1-17-8-11(10-19(15(17)9-18)16(20)22-3)6-12-7-13(21-2)4-5-14(12)17/h4-5,7,11,15H,6,8,10H2,1-3H3/t11-,15+,17-/m1/s1. The van der Waals surface area contributed by atoms with E-state index in [0.717, 1.165) is 24.2 Å². The summed E-state index contributed by atoms with van der Waals surface area (Å²) in [4.78, 5) is 13.6. The van der Waals surface area contributed by atoms with E-state index in [9.17, 15) is 10.1 Å². The van der Waals surface area contributed by atoms with E-state index in [1.165, 1.54) is 12.7 Å². The van der Waals surface area contributed by atoms with Crippen molar-refractivity contribution in [1.29, 1.82) is 5.26 Å². The first kappa shape index (κ1) is 14.7. The highest BCUT2D eigenvalue weighted by Crippen LogP contribution is 2.48. The molecule has 3 rings (SSSR count). The summed E-state index contributed by atoms with van der Waals surface area (Å²) in [7, 11) is 3.02. The maximum absolute atomic E-state index is 12.1. The summed E-state index contributed by atoms with van der Waals surface area (Å²) in [5, 5.41) is 9.69. The predicted molar refractivity (Wildman–Crippen MR) is 80.7 cm³/mol. The maximum Gasteiger partial charge on any atom is 0.410 e. The van der Waals surface area contributed by atoms with Gasteiger partial charge in [0.25, 0.3) is 0 Å². The van der Waals surface area contributed by atoms with Crippen molar-refractivity contribution in [3.63, 3.8) is 0 Å². The fourth-order valence-electron chi connectivity index (χ4n) is 4.14. The first-order valence-corrected chi connectivity index (χ1v) is 7.45. The highest BCUT2D eigenvalue weighted by atomic mass is 16.5. The van der Waals surface area contributed by atoms with Crippen LogP contribution in [0.4, 0.5) is 4.79 Å². The van der Waals surface area contributed by atoms with E-state index < -0.39 is 12.1 Å². The summed E-state index contributed by atoms with van der Waals surface area (Å²) in [6.07, 6.45) is 1.39. The van der Waals surface area contributed by atoms with Gasteiger partial charge in [0, 0.05) is 12.0 Å². The number of methoxy groups -OCH3 is 2. The third-order valence-corrected chi connectivity index (χ3v) is 5.05. The molecule has 1 aromatic carbocycles. The van der Waals surface area contributed by atoms with Gasteiger partial charge < -0.3 is 9.47 Å². The Labute approximate surface area is 130 Å². The van der Waals surface area contributed by atoms with E-state index in [0.29, 0.717) is 12.5 Å². The van der Waals surface area contributed by atoms with Gasteiger partial charge in [-0.2, -0.15) is 5.26 Å². The minimum absolute atomic E-state index is 0.341. The van der Waals surface area contributed by atoms with Crippen LogP contribution in [-0.2, 0) is 16.6 Å². The Kier molecular flexibility index (Phi) is 3.48. The minimum Gasteiger partial charge on any atom is -0.497 e. The molecule has 0 aromatic heterocycles. The summed E-state index contributed by atoms with van der Waals surface area (Å²) < 4.78 is 10.2. The molecule has 5 nitrogen and oxygen atoms in total. The number of fused-ring (bicyclic) bond motifs is 4. The third-order valence-electron chi connectivity index (χ3n) is 5.05. The van der Waals surface area contributed by atoms with Gasteiger partial charge in [-0.05, 0) is 42.0 Å². The zero-order valence-electron chi connectivity index (χ0n) is 13.1. The molecule has 116 valence electrons. The van der Waals surface area contributed by atoms with Crippen LogP contribution in [-0.4, -0.2) is 37.8 Å². The highest BCUT2D eigenvalue weighted by molar-refractivity contribution is 5.69. The second kappa shape index (κ2) is 5.20. The Balaban J connectivity index is 2.09. The van der Waals surface area contributed by atoms with Gasteiger partial charge in [-0.1, -0.05) is 13.0 Å². The Morgan fingerprint density at radius 2 is 2.23 bits per heavy atom. The van der Waals surface area contributed by atoms with Gasteiger partial charge >= 0.3 is 6.09 Å². The molecule has 1 amide bonds. The lowest BCUT2D eigenvalue weighted by Gasteiger charge is -2.51. The van der Waals surface area contributed by atoms with Gasteiger partial charge in [0.05, 0.1) is 20.3 Å². The molecule has 0 radical (unpaired) electrons. The van der Waals surface area contributed by atoms with Crippen molar-refractivity contribution in [3.8, 4) is 11.8 Å². The average Bonchev–Trinajstić information content (AvgIpc) is 2.52. The summed E-state index contributed by atoms with van der Waals surface area (Å²) in [6, 6.07) is 7.84. The summed E-state index contributed by atoms with van der Waals surface area (Å²) >= 11 is 0. The van der Waals surface area contributed by atoms with Crippen LogP contribution in [0.2, 0.25) is 0 Å². The first-order chi connectivity index (χ1) is 10.5. The fourth-order valence-corrected chi connectivity index (χ4v) is 4.14. The van der Waals surface area contributed by atoms with Gasteiger partial charge in [0.1, 0.15) is 11.8 Å². The lowest BCUT2D eigenvalue weighted by atomic mass is 9.61. The van der Waals surface area contributed by atoms with Gasteiger partial charge in [-0.3, -0.25) is 4.90 Å². The van der Waals surface area contributed by atoms with E-state index >= 15 is 0 Å². The minimum atomic E-state index is -0.511. The number of rotatable bonds is 1.